The number of nitrogens with zero attached hydrogens (tertiary/aromatic N) is 1. The van der Waals surface area contributed by atoms with Gasteiger partial charge in [-0.15, -0.1) is 0 Å². The largest absolute Gasteiger partial charge is 1.00 e. The summed E-state index contributed by atoms with van der Waals surface area (Å²) < 4.78 is 0.802. The summed E-state index contributed by atoms with van der Waals surface area (Å²) in [7, 11) is 6.63. The predicted octanol–water partition coefficient (Wildman–Crippen LogP) is 4.53. The molecule has 5 aromatic rings. The van der Waals surface area contributed by atoms with E-state index in [4.69, 9.17) is 0 Å². The van der Waals surface area contributed by atoms with E-state index < -0.39 is 0 Å². The van der Waals surface area contributed by atoms with Crippen LogP contribution in [0.25, 0.3) is 43.8 Å². The Kier molecular flexibility index (Phi) is 5.87. The summed E-state index contributed by atoms with van der Waals surface area (Å²) in [5.41, 5.74) is 6.39. The highest BCUT2D eigenvalue weighted by atomic mass is 127. The van der Waals surface area contributed by atoms with E-state index in [0.717, 1.165) is 4.48 Å². The van der Waals surface area contributed by atoms with Gasteiger partial charge < -0.3 is 24.0 Å². The zero-order chi connectivity index (χ0) is 20.7. The molecule has 0 fully saturated rings. The van der Waals surface area contributed by atoms with E-state index in [1.807, 2.05) is 0 Å². The average Bonchev–Trinajstić information content (AvgIpc) is 2.77. The molecule has 0 aliphatic rings. The van der Waals surface area contributed by atoms with Gasteiger partial charge in [-0.05, 0) is 55.9 Å². The molecule has 0 bridgehead atoms. The Morgan fingerprint density at radius 1 is 0.484 bits per heavy atom. The second-order valence-corrected chi connectivity index (χ2v) is 8.83. The maximum Gasteiger partial charge on any atom is 0.132 e. The molecule has 0 atom stereocenters. The Balaban J connectivity index is 0.00000231. The van der Waals surface area contributed by atoms with Crippen LogP contribution in [0.4, 0.5) is 5.69 Å². The lowest BCUT2D eigenvalue weighted by Gasteiger charge is -2.24. The van der Waals surface area contributed by atoms with Crippen LogP contribution in [0.5, 0.6) is 0 Å². The number of halogens is 1. The molecule has 0 spiro atoms. The lowest BCUT2D eigenvalue weighted by molar-refractivity contribution is -0.00000597. The molecule has 0 heterocycles. The predicted molar refractivity (Wildman–Crippen MR) is 132 cm³/mol. The van der Waals surface area contributed by atoms with E-state index >= 15 is 0 Å². The molecule has 5 rings (SSSR count). The maximum atomic E-state index is 2.33. The van der Waals surface area contributed by atoms with Gasteiger partial charge in [-0.3, -0.25) is 4.48 Å². The van der Waals surface area contributed by atoms with Crippen LogP contribution in [-0.2, 0) is 0 Å². The summed E-state index contributed by atoms with van der Waals surface area (Å²) in [6, 6.07) is 37.5. The van der Waals surface area contributed by atoms with Crippen molar-refractivity contribution in [1.82, 2.24) is 4.48 Å². The van der Waals surface area contributed by atoms with Crippen molar-refractivity contribution in [3.63, 3.8) is 0 Å². The van der Waals surface area contributed by atoms with E-state index in [0.29, 0.717) is 0 Å². The normalized spacial score (nSPS) is 11.5. The van der Waals surface area contributed by atoms with Gasteiger partial charge in [-0.1, -0.05) is 84.9 Å². The Morgan fingerprint density at radius 3 is 1.74 bits per heavy atom. The average molecular weight is 515 g/mol. The number of benzene rings is 5. The van der Waals surface area contributed by atoms with Crippen molar-refractivity contribution < 1.29 is 24.0 Å². The molecular formula is C29H26IN. The van der Waals surface area contributed by atoms with Crippen LogP contribution in [0.2, 0.25) is 0 Å². The number of quaternary nitrogens is 1. The van der Waals surface area contributed by atoms with Gasteiger partial charge in [-0.25, -0.2) is 0 Å². The molecule has 0 aliphatic carbocycles. The molecular weight excluding hydrogens is 489 g/mol. The van der Waals surface area contributed by atoms with Crippen molar-refractivity contribution in [2.45, 2.75) is 0 Å². The Morgan fingerprint density at radius 2 is 1.06 bits per heavy atom. The van der Waals surface area contributed by atoms with Gasteiger partial charge >= 0.3 is 0 Å². The first-order chi connectivity index (χ1) is 14.5. The number of hydrogen-bond acceptors (Lipinski definition) is 0. The van der Waals surface area contributed by atoms with Crippen LogP contribution in [-0.4, -0.2) is 21.1 Å². The first-order valence-corrected chi connectivity index (χ1v) is 10.4. The standard InChI is InChI=1S/C29H26N.HI/c1-30(2,3)26-14-6-13-24(20-26)27-15-7-11-22-12-8-16-28(29(22)27)25-18-17-21-9-4-5-10-23(21)19-25;/h4-20H,1-3H3;1H/q+1;/p-1. The minimum Gasteiger partial charge on any atom is -1.00 e. The third-order valence-corrected chi connectivity index (χ3v) is 5.90. The zero-order valence-electron chi connectivity index (χ0n) is 18.1. The fourth-order valence-corrected chi connectivity index (χ4v) is 4.27. The van der Waals surface area contributed by atoms with Crippen LogP contribution < -0.4 is 28.5 Å². The van der Waals surface area contributed by atoms with Gasteiger partial charge in [0.05, 0.1) is 21.1 Å². The number of hydrogen-bond donors (Lipinski definition) is 0. The monoisotopic (exact) mass is 515 g/mol. The Labute approximate surface area is 201 Å². The van der Waals surface area contributed by atoms with E-state index in [9.17, 15) is 0 Å². The molecule has 0 saturated carbocycles. The first-order valence-electron chi connectivity index (χ1n) is 10.4. The van der Waals surface area contributed by atoms with E-state index in [1.54, 1.807) is 0 Å². The second-order valence-electron chi connectivity index (χ2n) is 8.83. The molecule has 154 valence electrons. The molecule has 0 aromatic heterocycles. The van der Waals surface area contributed by atoms with Gasteiger partial charge in [0.1, 0.15) is 5.69 Å². The lowest BCUT2D eigenvalue weighted by atomic mass is 9.90. The molecule has 0 unspecified atom stereocenters. The molecule has 0 aliphatic heterocycles. The molecule has 2 heteroatoms. The number of fused-ring (bicyclic) bond motifs is 2. The van der Waals surface area contributed by atoms with Crippen LogP contribution in [0.15, 0.2) is 103 Å². The van der Waals surface area contributed by atoms with E-state index in [-0.39, 0.29) is 24.0 Å². The summed E-state index contributed by atoms with van der Waals surface area (Å²) in [6.45, 7) is 0. The Hall–Kier alpha value is -2.69. The zero-order valence-corrected chi connectivity index (χ0v) is 20.3. The Bertz CT molecular complexity index is 1370. The summed E-state index contributed by atoms with van der Waals surface area (Å²) >= 11 is 0. The van der Waals surface area contributed by atoms with Crippen LogP contribution in [0.1, 0.15) is 0 Å². The molecule has 31 heavy (non-hydrogen) atoms. The number of rotatable bonds is 3. The minimum atomic E-state index is 0. The molecule has 0 saturated heterocycles. The van der Waals surface area contributed by atoms with Crippen molar-refractivity contribution in [1.29, 1.82) is 0 Å². The van der Waals surface area contributed by atoms with E-state index in [1.165, 1.54) is 49.5 Å². The third kappa shape index (κ3) is 4.10. The lowest BCUT2D eigenvalue weighted by Crippen LogP contribution is -3.00. The summed E-state index contributed by atoms with van der Waals surface area (Å²) in [5.74, 6) is 0. The SMILES string of the molecule is C[N+](C)(C)c1cccc(-c2cccc3cccc(-c4ccc5ccccc5c4)c23)c1.[I-]. The fourth-order valence-electron chi connectivity index (χ4n) is 4.27. The molecule has 5 aromatic carbocycles. The van der Waals surface area contributed by atoms with Gasteiger partial charge in [0.25, 0.3) is 0 Å². The summed E-state index contributed by atoms with van der Waals surface area (Å²) in [5, 5.41) is 5.14. The van der Waals surface area contributed by atoms with Crippen LogP contribution in [0.3, 0.4) is 0 Å². The molecule has 0 N–H and O–H groups in total. The third-order valence-electron chi connectivity index (χ3n) is 5.90. The highest BCUT2D eigenvalue weighted by molar-refractivity contribution is 6.07. The minimum absolute atomic E-state index is 0. The van der Waals surface area contributed by atoms with E-state index in [2.05, 4.69) is 124 Å². The van der Waals surface area contributed by atoms with Crippen molar-refractivity contribution in [2.24, 2.45) is 0 Å². The van der Waals surface area contributed by atoms with Gasteiger partial charge in [0.2, 0.25) is 0 Å². The quantitative estimate of drug-likeness (QED) is 0.245. The fraction of sp³-hybridized carbons (Fsp3) is 0.103. The molecule has 0 radical (unpaired) electrons. The van der Waals surface area contributed by atoms with Crippen molar-refractivity contribution in [3.8, 4) is 22.3 Å². The van der Waals surface area contributed by atoms with Gasteiger partial charge in [-0.2, -0.15) is 0 Å². The molecule has 1 nitrogen and oxygen atoms in total. The highest BCUT2D eigenvalue weighted by Crippen LogP contribution is 2.38. The topological polar surface area (TPSA) is 0 Å². The van der Waals surface area contributed by atoms with Crippen molar-refractivity contribution in [3.05, 3.63) is 103 Å². The summed E-state index contributed by atoms with van der Waals surface area (Å²) in [6.07, 6.45) is 0. The van der Waals surface area contributed by atoms with Crippen LogP contribution in [0, 0.1) is 0 Å². The smallest absolute Gasteiger partial charge is 0.132 e. The van der Waals surface area contributed by atoms with Crippen molar-refractivity contribution in [2.75, 3.05) is 21.1 Å². The summed E-state index contributed by atoms with van der Waals surface area (Å²) in [4.78, 5) is 0. The van der Waals surface area contributed by atoms with Gasteiger partial charge in [0.15, 0.2) is 0 Å². The first kappa shape index (κ1) is 21.5. The van der Waals surface area contributed by atoms with Gasteiger partial charge in [0, 0.05) is 6.07 Å². The molecule has 0 amide bonds. The maximum absolute atomic E-state index is 2.33. The highest BCUT2D eigenvalue weighted by Gasteiger charge is 2.15. The van der Waals surface area contributed by atoms with Crippen molar-refractivity contribution >= 4 is 27.2 Å². The van der Waals surface area contributed by atoms with Crippen LogP contribution >= 0.6 is 0 Å². The second kappa shape index (κ2) is 8.45.